The van der Waals surface area contributed by atoms with Crippen molar-refractivity contribution in [1.82, 2.24) is 0 Å². The summed E-state index contributed by atoms with van der Waals surface area (Å²) >= 11 is 0. The Kier molecular flexibility index (Phi) is 15.2. The van der Waals surface area contributed by atoms with E-state index >= 15 is 0 Å². The lowest BCUT2D eigenvalue weighted by Crippen LogP contribution is -2.06. The molecule has 0 saturated carbocycles. The molecule has 180 valence electrons. The Morgan fingerprint density at radius 2 is 1.35 bits per heavy atom. The molecule has 6 nitrogen and oxygen atoms in total. The summed E-state index contributed by atoms with van der Waals surface area (Å²) in [7, 11) is 1.33. The number of esters is 2. The number of carbonyl (C=O) groups is 3. The molecule has 2 aromatic rings. The van der Waals surface area contributed by atoms with Crippen molar-refractivity contribution >= 4 is 24.0 Å². The van der Waals surface area contributed by atoms with Crippen LogP contribution in [0.2, 0.25) is 0 Å². The van der Waals surface area contributed by atoms with E-state index in [2.05, 4.69) is 24.5 Å². The zero-order valence-corrected chi connectivity index (χ0v) is 20.0. The number of ether oxygens (including phenoxy) is 2. The first-order valence-electron chi connectivity index (χ1n) is 10.3. The highest BCUT2D eigenvalue weighted by Crippen LogP contribution is 2.09. The molecule has 2 aromatic carbocycles. The average molecular weight is 465 g/mol. The van der Waals surface area contributed by atoms with Crippen molar-refractivity contribution in [3.05, 3.63) is 114 Å². The van der Waals surface area contributed by atoms with E-state index in [1.165, 1.54) is 14.0 Å². The number of hydrogen-bond donors (Lipinski definition) is 1. The van der Waals surface area contributed by atoms with Crippen LogP contribution in [0, 0.1) is 0 Å². The van der Waals surface area contributed by atoms with E-state index in [1.54, 1.807) is 6.92 Å². The molecule has 0 bridgehead atoms. The number of hydrogen-bond acceptors (Lipinski definition) is 5. The molecule has 6 heteroatoms. The highest BCUT2D eigenvalue weighted by Gasteiger charge is 2.06. The summed E-state index contributed by atoms with van der Waals surface area (Å²) in [6.45, 7) is 13.6. The van der Waals surface area contributed by atoms with Gasteiger partial charge in [-0.1, -0.05) is 92.6 Å². The number of benzene rings is 2. The van der Waals surface area contributed by atoms with Gasteiger partial charge < -0.3 is 14.6 Å². The fourth-order valence-electron chi connectivity index (χ4n) is 1.98. The average Bonchev–Trinajstić information content (AvgIpc) is 2.83. The number of carbonyl (C=O) groups excluding carboxylic acids is 2. The van der Waals surface area contributed by atoms with Gasteiger partial charge in [-0.3, -0.25) is 0 Å². The highest BCUT2D eigenvalue weighted by atomic mass is 16.5. The molecule has 0 aliphatic rings. The normalized spacial score (nSPS) is 9.38. The Morgan fingerprint density at radius 3 is 1.76 bits per heavy atom. The molecule has 0 spiro atoms. The topological polar surface area (TPSA) is 89.9 Å². The molecule has 0 aromatic heterocycles. The molecule has 0 radical (unpaired) electrons. The van der Waals surface area contributed by atoms with Crippen molar-refractivity contribution in [3.63, 3.8) is 0 Å². The Bertz CT molecular complexity index is 976. The van der Waals surface area contributed by atoms with Crippen LogP contribution < -0.4 is 0 Å². The zero-order chi connectivity index (χ0) is 25.9. The van der Waals surface area contributed by atoms with Gasteiger partial charge in [0.15, 0.2) is 0 Å². The fourth-order valence-corrected chi connectivity index (χ4v) is 1.98. The van der Waals surface area contributed by atoms with Gasteiger partial charge in [-0.15, -0.1) is 0 Å². The van der Waals surface area contributed by atoms with Gasteiger partial charge >= 0.3 is 17.9 Å². The van der Waals surface area contributed by atoms with Crippen molar-refractivity contribution in [2.24, 2.45) is 0 Å². The van der Waals surface area contributed by atoms with Gasteiger partial charge in [-0.2, -0.15) is 0 Å². The molecule has 0 aliphatic heterocycles. The van der Waals surface area contributed by atoms with Crippen LogP contribution in [0.5, 0.6) is 0 Å². The summed E-state index contributed by atoms with van der Waals surface area (Å²) in [4.78, 5) is 31.6. The molecule has 2 rings (SSSR count). The van der Waals surface area contributed by atoms with Crippen molar-refractivity contribution in [2.75, 3.05) is 7.11 Å². The Morgan fingerprint density at radius 1 is 0.853 bits per heavy atom. The number of carboxylic acid groups (broad SMARTS) is 1. The second-order valence-corrected chi connectivity index (χ2v) is 7.04. The van der Waals surface area contributed by atoms with Crippen molar-refractivity contribution < 1.29 is 29.0 Å². The SMILES string of the molecule is C=C(C)C(=O)O.C=C(C)C(=O)OC.C=C(CC=Cc1ccccc1)C(=O)OCc1ccccc1. The fraction of sp³-hybridized carbons (Fsp3) is 0.179. The minimum atomic E-state index is -0.935. The maximum Gasteiger partial charge on any atom is 0.334 e. The summed E-state index contributed by atoms with van der Waals surface area (Å²) < 4.78 is 9.49. The van der Waals surface area contributed by atoms with Gasteiger partial charge in [-0.05, 0) is 31.4 Å². The molecular weight excluding hydrogens is 432 g/mol. The smallest absolute Gasteiger partial charge is 0.334 e. The predicted octanol–water partition coefficient (Wildman–Crippen LogP) is 5.77. The van der Waals surface area contributed by atoms with Gasteiger partial charge in [-0.25, -0.2) is 14.4 Å². The standard InChI is InChI=1S/C19H18O2.C5H8O2.C4H6O2/c1-16(9-8-14-17-10-4-2-5-11-17)19(20)21-15-18-12-6-3-7-13-18;1-4(2)5(6)7-3;1-3(2)4(5)6/h2-8,10-14H,1,9,15H2;1H2,2-3H3;1H2,2H3,(H,5,6). The molecule has 0 aliphatic carbocycles. The molecule has 34 heavy (non-hydrogen) atoms. The minimum absolute atomic E-state index is 0.176. The number of allylic oxidation sites excluding steroid dienone is 1. The van der Waals surface area contributed by atoms with Gasteiger partial charge in [0.05, 0.1) is 7.11 Å². The number of methoxy groups -OCH3 is 1. The summed E-state index contributed by atoms with van der Waals surface area (Å²) in [5.74, 6) is -1.63. The van der Waals surface area contributed by atoms with Crippen LogP contribution in [0.4, 0.5) is 0 Å². The van der Waals surface area contributed by atoms with Crippen molar-refractivity contribution in [3.8, 4) is 0 Å². The Hall–Kier alpha value is -4.19. The maximum absolute atomic E-state index is 11.8. The quantitative estimate of drug-likeness (QED) is 0.394. The first kappa shape index (κ1) is 29.8. The molecule has 0 saturated heterocycles. The van der Waals surface area contributed by atoms with E-state index in [-0.39, 0.29) is 24.1 Å². The van der Waals surface area contributed by atoms with Crippen LogP contribution >= 0.6 is 0 Å². The van der Waals surface area contributed by atoms with Crippen molar-refractivity contribution in [1.29, 1.82) is 0 Å². The third-order valence-electron chi connectivity index (χ3n) is 3.87. The second-order valence-electron chi connectivity index (χ2n) is 7.04. The molecule has 1 N–H and O–H groups in total. The summed E-state index contributed by atoms with van der Waals surface area (Å²) in [5, 5.41) is 7.89. The van der Waals surface area contributed by atoms with E-state index in [1.807, 2.05) is 72.8 Å². The molecule has 0 atom stereocenters. The van der Waals surface area contributed by atoms with E-state index in [4.69, 9.17) is 9.84 Å². The lowest BCUT2D eigenvalue weighted by molar-refractivity contribution is -0.140. The summed E-state index contributed by atoms with van der Waals surface area (Å²) in [5.41, 5.74) is 3.14. The summed E-state index contributed by atoms with van der Waals surface area (Å²) in [6.07, 6.45) is 4.37. The predicted molar refractivity (Wildman–Crippen MR) is 135 cm³/mol. The number of aliphatic carboxylic acids is 1. The molecule has 0 fully saturated rings. The van der Waals surface area contributed by atoms with Gasteiger partial charge in [0.1, 0.15) is 6.61 Å². The largest absolute Gasteiger partial charge is 0.478 e. The Labute approximate surface area is 201 Å². The van der Waals surface area contributed by atoms with Crippen molar-refractivity contribution in [2.45, 2.75) is 26.9 Å². The van der Waals surface area contributed by atoms with E-state index in [9.17, 15) is 14.4 Å². The third-order valence-corrected chi connectivity index (χ3v) is 3.87. The zero-order valence-electron chi connectivity index (χ0n) is 20.0. The van der Waals surface area contributed by atoms with Crippen LogP contribution in [0.15, 0.2) is 103 Å². The number of carboxylic acids is 1. The molecule has 0 amide bonds. The molecule has 0 unspecified atom stereocenters. The second kappa shape index (κ2) is 17.4. The van der Waals surface area contributed by atoms with Crippen LogP contribution in [-0.4, -0.2) is 30.1 Å². The van der Waals surface area contributed by atoms with E-state index < -0.39 is 5.97 Å². The maximum atomic E-state index is 11.8. The lowest BCUT2D eigenvalue weighted by Gasteiger charge is -2.05. The minimum Gasteiger partial charge on any atom is -0.478 e. The van der Waals surface area contributed by atoms with Gasteiger partial charge in [0.25, 0.3) is 0 Å². The first-order chi connectivity index (χ1) is 16.1. The summed E-state index contributed by atoms with van der Waals surface area (Å²) in [6, 6.07) is 19.5. The van der Waals surface area contributed by atoms with Crippen LogP contribution in [0.1, 0.15) is 31.4 Å². The van der Waals surface area contributed by atoms with Gasteiger partial charge in [0, 0.05) is 16.7 Å². The van der Waals surface area contributed by atoms with Gasteiger partial charge in [0.2, 0.25) is 0 Å². The van der Waals surface area contributed by atoms with Crippen LogP contribution in [-0.2, 0) is 30.5 Å². The highest BCUT2D eigenvalue weighted by molar-refractivity contribution is 5.88. The van der Waals surface area contributed by atoms with Crippen LogP contribution in [0.3, 0.4) is 0 Å². The molecule has 0 heterocycles. The van der Waals surface area contributed by atoms with E-state index in [0.29, 0.717) is 17.6 Å². The van der Waals surface area contributed by atoms with E-state index in [0.717, 1.165) is 11.1 Å². The molecular formula is C28H32O6. The Balaban J connectivity index is 0.000000691. The number of rotatable bonds is 8. The monoisotopic (exact) mass is 464 g/mol. The first-order valence-corrected chi connectivity index (χ1v) is 10.3. The van der Waals surface area contributed by atoms with Crippen LogP contribution in [0.25, 0.3) is 6.08 Å². The lowest BCUT2D eigenvalue weighted by atomic mass is 10.1. The third kappa shape index (κ3) is 14.8.